The Hall–Kier alpha value is -3.16. The number of nitrogens with one attached hydrogen (secondary N) is 1. The van der Waals surface area contributed by atoms with Crippen LogP contribution < -0.4 is 9.64 Å². The van der Waals surface area contributed by atoms with Gasteiger partial charge >= 0.3 is 6.18 Å². The molecule has 2 aromatic rings. The number of hydrogen-bond donors (Lipinski definition) is 1. The normalized spacial score (nSPS) is 15.6. The highest BCUT2D eigenvalue weighted by molar-refractivity contribution is 7.80. The molecule has 0 saturated carbocycles. The van der Waals surface area contributed by atoms with Crippen LogP contribution in [0.2, 0.25) is 0 Å². The molecular formula is C24H25F3N4O2S. The van der Waals surface area contributed by atoms with Gasteiger partial charge in [0.25, 0.3) is 0 Å². The van der Waals surface area contributed by atoms with Crippen LogP contribution in [0.15, 0.2) is 42.5 Å². The van der Waals surface area contributed by atoms with Crippen molar-refractivity contribution in [2.75, 3.05) is 25.3 Å². The molecule has 1 heterocycles. The van der Waals surface area contributed by atoms with E-state index in [4.69, 9.17) is 32.4 Å². The molecule has 1 aliphatic rings. The Balaban J connectivity index is 1.74. The average molecular weight is 491 g/mol. The molecule has 180 valence electrons. The molecule has 0 radical (unpaired) electrons. The number of anilines is 1. The van der Waals surface area contributed by atoms with Gasteiger partial charge in [-0.05, 0) is 74.8 Å². The van der Waals surface area contributed by atoms with Gasteiger partial charge < -0.3 is 14.4 Å². The van der Waals surface area contributed by atoms with E-state index >= 15 is 0 Å². The fraction of sp³-hybridized carbons (Fsp3) is 0.375. The van der Waals surface area contributed by atoms with E-state index in [9.17, 15) is 13.2 Å². The predicted molar refractivity (Wildman–Crippen MR) is 127 cm³/mol. The Morgan fingerprint density at radius 3 is 2.41 bits per heavy atom. The summed E-state index contributed by atoms with van der Waals surface area (Å²) < 4.78 is 50.6. The topological polar surface area (TPSA) is 72.6 Å². The minimum Gasteiger partial charge on any atom is -0.468 e. The van der Waals surface area contributed by atoms with Gasteiger partial charge in [0.15, 0.2) is 11.9 Å². The average Bonchev–Trinajstić information content (AvgIpc) is 2.96. The summed E-state index contributed by atoms with van der Waals surface area (Å²) in [7, 11) is 1.55. The molecule has 1 aliphatic heterocycles. The lowest BCUT2D eigenvalue weighted by atomic mass is 10.0. The van der Waals surface area contributed by atoms with Crippen LogP contribution in [-0.4, -0.2) is 41.8 Å². The Morgan fingerprint density at radius 2 is 1.82 bits per heavy atom. The third-order valence-corrected chi connectivity index (χ3v) is 6.10. The number of benzene rings is 2. The van der Waals surface area contributed by atoms with Crippen LogP contribution in [0, 0.1) is 16.7 Å². The molecule has 3 rings (SSSR count). The van der Waals surface area contributed by atoms with Crippen molar-refractivity contribution in [1.82, 2.24) is 4.90 Å². The summed E-state index contributed by atoms with van der Waals surface area (Å²) in [6.07, 6.45) is -3.21. The summed E-state index contributed by atoms with van der Waals surface area (Å²) >= 11 is 5.59. The van der Waals surface area contributed by atoms with Crippen molar-refractivity contribution in [3.8, 4) is 11.8 Å². The fourth-order valence-electron chi connectivity index (χ4n) is 3.80. The van der Waals surface area contributed by atoms with Gasteiger partial charge in [0, 0.05) is 13.7 Å². The van der Waals surface area contributed by atoms with Gasteiger partial charge in [-0.3, -0.25) is 10.3 Å². The summed E-state index contributed by atoms with van der Waals surface area (Å²) in [5.74, 6) is 0.784. The Labute approximate surface area is 202 Å². The number of thiocarbonyl (C=S) groups is 1. The van der Waals surface area contributed by atoms with Crippen molar-refractivity contribution in [2.24, 2.45) is 0 Å². The first-order valence-electron chi connectivity index (χ1n) is 10.5. The summed E-state index contributed by atoms with van der Waals surface area (Å²) in [5.41, 5.74) is -1.11. The van der Waals surface area contributed by atoms with Crippen LogP contribution in [-0.2, 0) is 17.3 Å². The van der Waals surface area contributed by atoms with Gasteiger partial charge in [-0.15, -0.1) is 0 Å². The largest absolute Gasteiger partial charge is 0.468 e. The summed E-state index contributed by atoms with van der Waals surface area (Å²) in [6.45, 7) is 4.33. The van der Waals surface area contributed by atoms with Crippen molar-refractivity contribution < 1.29 is 22.6 Å². The number of ether oxygens (including phenoxy) is 2. The molecule has 0 aliphatic carbocycles. The van der Waals surface area contributed by atoms with E-state index in [1.54, 1.807) is 13.2 Å². The number of hydrogen-bond acceptors (Lipinski definition) is 5. The summed E-state index contributed by atoms with van der Waals surface area (Å²) in [5, 5.41) is 18.0. The number of alkyl halides is 3. The first kappa shape index (κ1) is 25.5. The summed E-state index contributed by atoms with van der Waals surface area (Å²) in [6, 6.07) is 12.6. The van der Waals surface area contributed by atoms with Crippen molar-refractivity contribution in [3.63, 3.8) is 0 Å². The zero-order valence-electron chi connectivity index (χ0n) is 19.1. The van der Waals surface area contributed by atoms with Gasteiger partial charge in [0.2, 0.25) is 0 Å². The van der Waals surface area contributed by atoms with E-state index in [0.717, 1.165) is 30.5 Å². The Kier molecular flexibility index (Phi) is 7.48. The van der Waals surface area contributed by atoms with Crippen molar-refractivity contribution >= 4 is 28.9 Å². The minimum atomic E-state index is -4.69. The molecule has 10 heteroatoms. The second-order valence-corrected chi connectivity index (χ2v) is 8.68. The molecule has 0 amide bonds. The van der Waals surface area contributed by atoms with E-state index in [-0.39, 0.29) is 23.4 Å². The lowest BCUT2D eigenvalue weighted by molar-refractivity contribution is -0.137. The Morgan fingerprint density at radius 1 is 1.15 bits per heavy atom. The molecule has 2 aromatic carbocycles. The number of halogens is 3. The minimum absolute atomic E-state index is 0.0787. The summed E-state index contributed by atoms with van der Waals surface area (Å²) in [4.78, 5) is 3.19. The highest BCUT2D eigenvalue weighted by Crippen LogP contribution is 2.38. The van der Waals surface area contributed by atoms with Gasteiger partial charge in [-0.2, -0.15) is 18.4 Å². The van der Waals surface area contributed by atoms with Crippen LogP contribution in [0.5, 0.6) is 5.75 Å². The van der Waals surface area contributed by atoms with Crippen LogP contribution in [0.3, 0.4) is 0 Å². The lowest BCUT2D eigenvalue weighted by Crippen LogP contribution is -2.44. The first-order valence-corrected chi connectivity index (χ1v) is 10.9. The molecule has 0 aromatic heterocycles. The number of rotatable bonds is 8. The van der Waals surface area contributed by atoms with Crippen LogP contribution >= 0.6 is 12.2 Å². The maximum Gasteiger partial charge on any atom is 0.417 e. The van der Waals surface area contributed by atoms with E-state index in [0.29, 0.717) is 12.3 Å². The SMILES string of the molecule is COCOc1ccc(CCCN2C(=S)N(c3ccc(C#N)c(C(F)(F)F)c3)C(=N)C2(C)C)cc1. The predicted octanol–water partition coefficient (Wildman–Crippen LogP) is 5.36. The lowest BCUT2D eigenvalue weighted by Gasteiger charge is -2.30. The maximum atomic E-state index is 13.5. The zero-order chi connectivity index (χ0) is 25.1. The second-order valence-electron chi connectivity index (χ2n) is 8.32. The molecule has 1 fully saturated rings. The Bertz CT molecular complexity index is 1110. The first-order chi connectivity index (χ1) is 16.0. The van der Waals surface area contributed by atoms with Crippen LogP contribution in [0.1, 0.15) is 37.0 Å². The monoisotopic (exact) mass is 490 g/mol. The molecule has 0 bridgehead atoms. The zero-order valence-corrected chi connectivity index (χ0v) is 19.9. The van der Waals surface area contributed by atoms with Crippen molar-refractivity contribution in [3.05, 3.63) is 59.2 Å². The highest BCUT2D eigenvalue weighted by atomic mass is 32.1. The fourth-order valence-corrected chi connectivity index (χ4v) is 4.31. The maximum absolute atomic E-state index is 13.5. The highest BCUT2D eigenvalue weighted by Gasteiger charge is 2.46. The van der Waals surface area contributed by atoms with Crippen LogP contribution in [0.25, 0.3) is 0 Å². The number of nitrogens with zero attached hydrogens (tertiary/aromatic N) is 3. The standard InChI is InChI=1S/C24H25F3N4O2S/c1-23(2)21(29)31(18-9-8-17(14-28)20(13-18)24(25,26)27)22(34)30(23)12-4-5-16-6-10-19(11-7-16)33-15-32-3/h6-11,13,29H,4-5,12,15H2,1-3H3. The molecule has 6 nitrogen and oxygen atoms in total. The van der Waals surface area contributed by atoms with Crippen molar-refractivity contribution in [1.29, 1.82) is 10.7 Å². The smallest absolute Gasteiger partial charge is 0.417 e. The quantitative estimate of drug-likeness (QED) is 0.397. The second kappa shape index (κ2) is 9.99. The van der Waals surface area contributed by atoms with Crippen LogP contribution in [0.4, 0.5) is 18.9 Å². The molecule has 0 unspecified atom stereocenters. The molecule has 0 atom stereocenters. The van der Waals surface area contributed by atoms with Gasteiger partial charge in [0.05, 0.1) is 28.4 Å². The molecule has 1 saturated heterocycles. The number of methoxy groups -OCH3 is 1. The van der Waals surface area contributed by atoms with E-state index < -0.39 is 22.8 Å². The molecule has 34 heavy (non-hydrogen) atoms. The third kappa shape index (κ3) is 5.16. The molecule has 1 N–H and O–H groups in total. The number of aryl methyl sites for hydroxylation is 1. The third-order valence-electron chi connectivity index (χ3n) is 5.70. The van der Waals surface area contributed by atoms with Crippen molar-refractivity contribution in [2.45, 2.75) is 38.4 Å². The van der Waals surface area contributed by atoms with Gasteiger partial charge in [0.1, 0.15) is 11.6 Å². The molecule has 0 spiro atoms. The van der Waals surface area contributed by atoms with E-state index in [2.05, 4.69) is 0 Å². The number of amidine groups is 1. The van der Waals surface area contributed by atoms with E-state index in [1.165, 1.54) is 11.0 Å². The number of nitriles is 1. The van der Waals surface area contributed by atoms with Gasteiger partial charge in [-0.25, -0.2) is 0 Å². The van der Waals surface area contributed by atoms with Gasteiger partial charge in [-0.1, -0.05) is 12.1 Å². The van der Waals surface area contributed by atoms with E-state index in [1.807, 2.05) is 43.0 Å². The molecular weight excluding hydrogens is 465 g/mol.